The summed E-state index contributed by atoms with van der Waals surface area (Å²) in [6.07, 6.45) is 3.23. The van der Waals surface area contributed by atoms with E-state index < -0.39 is 0 Å². The van der Waals surface area contributed by atoms with E-state index in [-0.39, 0.29) is 11.9 Å². The molecule has 0 fully saturated rings. The second-order valence-electron chi connectivity index (χ2n) is 5.64. The number of guanidine groups is 1. The first-order chi connectivity index (χ1) is 11.2. The van der Waals surface area contributed by atoms with E-state index in [1.54, 1.807) is 7.05 Å². The highest BCUT2D eigenvalue weighted by Crippen LogP contribution is 2.21. The van der Waals surface area contributed by atoms with Gasteiger partial charge in [0.2, 0.25) is 0 Å². The molecule has 1 N–H and O–H groups in total. The van der Waals surface area contributed by atoms with Gasteiger partial charge < -0.3 is 15.0 Å². The van der Waals surface area contributed by atoms with Crippen LogP contribution in [0, 0.1) is 5.92 Å². The maximum Gasteiger partial charge on any atom is 0.310 e. The van der Waals surface area contributed by atoms with Gasteiger partial charge in [-0.3, -0.25) is 9.79 Å². The van der Waals surface area contributed by atoms with E-state index in [1.807, 2.05) is 13.0 Å². The van der Waals surface area contributed by atoms with Gasteiger partial charge in [-0.2, -0.15) is 0 Å². The van der Waals surface area contributed by atoms with Crippen molar-refractivity contribution in [1.29, 1.82) is 0 Å². The SMILES string of the molecule is CN=C(NCC(C)C(=O)OC)N1CC=C(c2ccccc2)CC1. The van der Waals surface area contributed by atoms with Crippen molar-refractivity contribution in [3.05, 3.63) is 42.0 Å². The molecule has 0 saturated heterocycles. The second-order valence-corrected chi connectivity index (χ2v) is 5.64. The van der Waals surface area contributed by atoms with Crippen LogP contribution in [-0.2, 0) is 9.53 Å². The number of rotatable bonds is 4. The summed E-state index contributed by atoms with van der Waals surface area (Å²) in [6.45, 7) is 4.09. The van der Waals surface area contributed by atoms with Crippen LogP contribution in [0.5, 0.6) is 0 Å². The molecule has 2 rings (SSSR count). The monoisotopic (exact) mass is 315 g/mol. The molecule has 23 heavy (non-hydrogen) atoms. The van der Waals surface area contributed by atoms with E-state index in [4.69, 9.17) is 4.74 Å². The van der Waals surface area contributed by atoms with E-state index in [1.165, 1.54) is 18.2 Å². The highest BCUT2D eigenvalue weighted by molar-refractivity contribution is 5.82. The molecule has 0 amide bonds. The molecule has 1 aromatic carbocycles. The van der Waals surface area contributed by atoms with Crippen molar-refractivity contribution < 1.29 is 9.53 Å². The lowest BCUT2D eigenvalue weighted by Crippen LogP contribution is -2.45. The normalized spacial score (nSPS) is 16.6. The van der Waals surface area contributed by atoms with Gasteiger partial charge in [-0.25, -0.2) is 0 Å². The number of benzene rings is 1. The van der Waals surface area contributed by atoms with Gasteiger partial charge >= 0.3 is 5.97 Å². The van der Waals surface area contributed by atoms with Crippen LogP contribution in [0.1, 0.15) is 18.9 Å². The average molecular weight is 315 g/mol. The van der Waals surface area contributed by atoms with E-state index in [0.29, 0.717) is 6.54 Å². The molecule has 0 aliphatic carbocycles. The highest BCUT2D eigenvalue weighted by Gasteiger charge is 2.18. The lowest BCUT2D eigenvalue weighted by Gasteiger charge is -2.30. The minimum atomic E-state index is -0.210. The third-order valence-corrected chi connectivity index (χ3v) is 4.03. The molecule has 1 unspecified atom stereocenters. The Morgan fingerprint density at radius 3 is 2.70 bits per heavy atom. The van der Waals surface area contributed by atoms with Crippen LogP contribution >= 0.6 is 0 Å². The van der Waals surface area contributed by atoms with Gasteiger partial charge in [0.15, 0.2) is 5.96 Å². The number of methoxy groups -OCH3 is 1. The Morgan fingerprint density at radius 2 is 2.13 bits per heavy atom. The Morgan fingerprint density at radius 1 is 1.39 bits per heavy atom. The fourth-order valence-electron chi connectivity index (χ4n) is 2.64. The van der Waals surface area contributed by atoms with Crippen molar-refractivity contribution >= 4 is 17.5 Å². The number of hydrogen-bond acceptors (Lipinski definition) is 3. The fraction of sp³-hybridized carbons (Fsp3) is 0.444. The second kappa shape index (κ2) is 8.36. The topological polar surface area (TPSA) is 53.9 Å². The molecule has 124 valence electrons. The number of carbonyl (C=O) groups excluding carboxylic acids is 1. The molecule has 0 spiro atoms. The van der Waals surface area contributed by atoms with Gasteiger partial charge in [0.25, 0.3) is 0 Å². The number of esters is 1. The minimum absolute atomic E-state index is 0.197. The summed E-state index contributed by atoms with van der Waals surface area (Å²) in [7, 11) is 3.18. The van der Waals surface area contributed by atoms with Crippen LogP contribution in [-0.4, -0.2) is 50.6 Å². The van der Waals surface area contributed by atoms with E-state index in [2.05, 4.69) is 45.6 Å². The van der Waals surface area contributed by atoms with Crippen LogP contribution in [0.3, 0.4) is 0 Å². The largest absolute Gasteiger partial charge is 0.469 e. The number of aliphatic imine (C=N–C) groups is 1. The van der Waals surface area contributed by atoms with Gasteiger partial charge in [-0.1, -0.05) is 43.3 Å². The number of nitrogens with one attached hydrogen (secondary N) is 1. The highest BCUT2D eigenvalue weighted by atomic mass is 16.5. The molecule has 0 radical (unpaired) electrons. The molecule has 0 saturated carbocycles. The molecule has 1 atom stereocenters. The molecule has 1 aromatic rings. The first-order valence-corrected chi connectivity index (χ1v) is 7.93. The summed E-state index contributed by atoms with van der Waals surface area (Å²) in [5.74, 6) is 0.416. The minimum Gasteiger partial charge on any atom is -0.469 e. The molecule has 1 heterocycles. The van der Waals surface area contributed by atoms with Gasteiger partial charge in [-0.05, 0) is 17.6 Å². The number of carbonyl (C=O) groups is 1. The Labute approximate surface area is 138 Å². The summed E-state index contributed by atoms with van der Waals surface area (Å²) in [5.41, 5.74) is 2.66. The quantitative estimate of drug-likeness (QED) is 0.525. The number of nitrogens with zero attached hydrogens (tertiary/aromatic N) is 2. The summed E-state index contributed by atoms with van der Waals surface area (Å²) in [6, 6.07) is 10.5. The zero-order valence-electron chi connectivity index (χ0n) is 14.1. The summed E-state index contributed by atoms with van der Waals surface area (Å²) in [5, 5.41) is 3.25. The first kappa shape index (κ1) is 17.1. The van der Waals surface area contributed by atoms with Gasteiger partial charge in [0, 0.05) is 26.7 Å². The van der Waals surface area contributed by atoms with Crippen LogP contribution in [0.15, 0.2) is 41.4 Å². The third kappa shape index (κ3) is 4.58. The zero-order chi connectivity index (χ0) is 16.7. The lowest BCUT2D eigenvalue weighted by atomic mass is 10.00. The molecule has 0 bridgehead atoms. The smallest absolute Gasteiger partial charge is 0.310 e. The zero-order valence-corrected chi connectivity index (χ0v) is 14.1. The predicted octanol–water partition coefficient (Wildman–Crippen LogP) is 2.16. The average Bonchev–Trinajstić information content (AvgIpc) is 2.62. The van der Waals surface area contributed by atoms with Gasteiger partial charge in [-0.15, -0.1) is 0 Å². The molecule has 1 aliphatic heterocycles. The Bertz CT molecular complexity index is 581. The summed E-state index contributed by atoms with van der Waals surface area (Å²) in [4.78, 5) is 18.0. The van der Waals surface area contributed by atoms with Crippen LogP contribution < -0.4 is 5.32 Å². The Kier molecular flexibility index (Phi) is 6.20. The first-order valence-electron chi connectivity index (χ1n) is 7.93. The number of hydrogen-bond donors (Lipinski definition) is 1. The molecule has 5 heteroatoms. The Hall–Kier alpha value is -2.30. The van der Waals surface area contributed by atoms with Crippen LogP contribution in [0.25, 0.3) is 5.57 Å². The lowest BCUT2D eigenvalue weighted by molar-refractivity contribution is -0.144. The van der Waals surface area contributed by atoms with E-state index in [9.17, 15) is 4.79 Å². The maximum atomic E-state index is 11.5. The number of ether oxygens (including phenoxy) is 1. The van der Waals surface area contributed by atoms with Crippen molar-refractivity contribution in [3.8, 4) is 0 Å². The third-order valence-electron chi connectivity index (χ3n) is 4.03. The van der Waals surface area contributed by atoms with Crippen molar-refractivity contribution in [1.82, 2.24) is 10.2 Å². The molecular weight excluding hydrogens is 290 g/mol. The van der Waals surface area contributed by atoms with Gasteiger partial charge in [0.05, 0.1) is 13.0 Å². The fourth-order valence-corrected chi connectivity index (χ4v) is 2.64. The van der Waals surface area contributed by atoms with Crippen molar-refractivity contribution in [3.63, 3.8) is 0 Å². The summed E-state index contributed by atoms with van der Waals surface area (Å²) >= 11 is 0. The molecule has 5 nitrogen and oxygen atoms in total. The Balaban J connectivity index is 1.92. The molecule has 0 aromatic heterocycles. The van der Waals surface area contributed by atoms with Gasteiger partial charge in [0.1, 0.15) is 0 Å². The maximum absolute atomic E-state index is 11.5. The van der Waals surface area contributed by atoms with Crippen LogP contribution in [0.2, 0.25) is 0 Å². The van der Waals surface area contributed by atoms with Crippen molar-refractivity contribution in [2.24, 2.45) is 10.9 Å². The van der Waals surface area contributed by atoms with E-state index in [0.717, 1.165) is 25.5 Å². The van der Waals surface area contributed by atoms with Crippen LogP contribution in [0.4, 0.5) is 0 Å². The predicted molar refractivity (Wildman–Crippen MR) is 93.2 cm³/mol. The van der Waals surface area contributed by atoms with Crippen molar-refractivity contribution in [2.45, 2.75) is 13.3 Å². The van der Waals surface area contributed by atoms with E-state index >= 15 is 0 Å². The van der Waals surface area contributed by atoms with Crippen molar-refractivity contribution in [2.75, 3.05) is 33.8 Å². The standard InChI is InChI=1S/C18H25N3O2/c1-14(17(22)23-3)13-20-18(19-2)21-11-9-16(10-12-21)15-7-5-4-6-8-15/h4-9,14H,10-13H2,1-3H3,(H,19,20). The molecule has 1 aliphatic rings. The molecular formula is C18H25N3O2. The summed E-state index contributed by atoms with van der Waals surface area (Å²) < 4.78 is 4.74.